The summed E-state index contributed by atoms with van der Waals surface area (Å²) in [4.78, 5) is 0. The predicted octanol–water partition coefficient (Wildman–Crippen LogP) is 8.05. The van der Waals surface area contributed by atoms with Crippen LogP contribution in [-0.2, 0) is 12.6 Å². The van der Waals surface area contributed by atoms with Gasteiger partial charge in [-0.1, -0.05) is 85.3 Å². The van der Waals surface area contributed by atoms with Gasteiger partial charge >= 0.3 is 6.18 Å². The molecule has 1 rings (SSSR count). The maximum absolute atomic E-state index is 12.8. The Morgan fingerprint density at radius 2 is 1.31 bits per heavy atom. The number of halogens is 3. The summed E-state index contributed by atoms with van der Waals surface area (Å²) in [5.74, 6) is 0.427. The summed E-state index contributed by atoms with van der Waals surface area (Å²) in [5.41, 5.74) is -0.457. The van der Waals surface area contributed by atoms with Crippen LogP contribution in [0.5, 0.6) is 0 Å². The van der Waals surface area contributed by atoms with Crippen LogP contribution in [0.25, 0.3) is 0 Å². The summed E-state index contributed by atoms with van der Waals surface area (Å²) < 4.78 is 38.4. The molecule has 0 amide bonds. The average molecular weight is 415 g/mol. The van der Waals surface area contributed by atoms with E-state index < -0.39 is 17.3 Å². The van der Waals surface area contributed by atoms with E-state index in [-0.39, 0.29) is 17.8 Å². The van der Waals surface area contributed by atoms with Crippen molar-refractivity contribution in [2.45, 2.75) is 104 Å². The van der Waals surface area contributed by atoms with Gasteiger partial charge in [-0.2, -0.15) is 13.2 Å². The first-order chi connectivity index (χ1) is 13.5. The van der Waals surface area contributed by atoms with E-state index in [4.69, 9.17) is 0 Å². The molecule has 168 valence electrons. The average Bonchev–Trinajstić information content (AvgIpc) is 2.65. The third-order valence-corrected chi connectivity index (χ3v) is 6.47. The van der Waals surface area contributed by atoms with Crippen molar-refractivity contribution >= 4 is 0 Å². The molecule has 0 aliphatic heterocycles. The summed E-state index contributed by atoms with van der Waals surface area (Å²) in [7, 11) is 0. The van der Waals surface area contributed by atoms with Gasteiger partial charge in [0, 0.05) is 0 Å². The second kappa shape index (κ2) is 12.0. The standard InChI is InChI=1S/C25H41F3O/c1-6-7-8-9-10-11-12-22(24(29,19(2)3)20(4)5)16-13-21-14-17-23(18-15-21)25(26,27)28/h14-15,17-20,22,29H,6-13,16H2,1-5H3. The Hall–Kier alpha value is -1.03. The van der Waals surface area contributed by atoms with Crippen LogP contribution in [0, 0.1) is 17.8 Å². The van der Waals surface area contributed by atoms with E-state index in [1.807, 2.05) is 0 Å². The van der Waals surface area contributed by atoms with Crippen molar-refractivity contribution in [2.75, 3.05) is 0 Å². The number of hydrogen-bond acceptors (Lipinski definition) is 1. The molecule has 0 aromatic heterocycles. The summed E-state index contributed by atoms with van der Waals surface area (Å²) in [5, 5.41) is 11.5. The Morgan fingerprint density at radius 3 is 1.79 bits per heavy atom. The molecule has 1 aromatic carbocycles. The molecular formula is C25H41F3O. The molecule has 0 heterocycles. The highest BCUT2D eigenvalue weighted by molar-refractivity contribution is 5.24. The highest BCUT2D eigenvalue weighted by atomic mass is 19.4. The van der Waals surface area contributed by atoms with E-state index >= 15 is 0 Å². The molecule has 0 bridgehead atoms. The molecule has 4 heteroatoms. The number of aryl methyl sites for hydroxylation is 1. The second-order valence-corrected chi connectivity index (χ2v) is 9.18. The van der Waals surface area contributed by atoms with E-state index in [1.54, 1.807) is 12.1 Å². The monoisotopic (exact) mass is 414 g/mol. The van der Waals surface area contributed by atoms with Gasteiger partial charge in [0.2, 0.25) is 0 Å². The van der Waals surface area contributed by atoms with Crippen LogP contribution in [0.2, 0.25) is 0 Å². The van der Waals surface area contributed by atoms with Crippen LogP contribution in [0.3, 0.4) is 0 Å². The van der Waals surface area contributed by atoms with Crippen molar-refractivity contribution < 1.29 is 18.3 Å². The van der Waals surface area contributed by atoms with Crippen LogP contribution < -0.4 is 0 Å². The van der Waals surface area contributed by atoms with Gasteiger partial charge in [-0.15, -0.1) is 0 Å². The molecule has 29 heavy (non-hydrogen) atoms. The Morgan fingerprint density at radius 1 is 0.793 bits per heavy atom. The Bertz CT molecular complexity index is 552. The van der Waals surface area contributed by atoms with E-state index in [0.717, 1.165) is 37.0 Å². The topological polar surface area (TPSA) is 20.2 Å². The molecule has 1 aromatic rings. The lowest BCUT2D eigenvalue weighted by molar-refractivity contribution is -0.137. The molecule has 1 atom stereocenters. The largest absolute Gasteiger partial charge is 0.416 e. The molecule has 1 N–H and O–H groups in total. The van der Waals surface area contributed by atoms with Crippen molar-refractivity contribution in [1.82, 2.24) is 0 Å². The lowest BCUT2D eigenvalue weighted by atomic mass is 9.67. The van der Waals surface area contributed by atoms with Gasteiger partial charge in [-0.25, -0.2) is 0 Å². The third-order valence-electron chi connectivity index (χ3n) is 6.47. The molecule has 0 saturated carbocycles. The summed E-state index contributed by atoms with van der Waals surface area (Å²) in [6.45, 7) is 10.5. The lowest BCUT2D eigenvalue weighted by Crippen LogP contribution is -2.48. The highest BCUT2D eigenvalue weighted by Gasteiger charge is 2.41. The quantitative estimate of drug-likeness (QED) is 0.324. The Kier molecular flexibility index (Phi) is 10.7. The number of rotatable bonds is 13. The number of alkyl halides is 3. The molecule has 0 saturated heterocycles. The zero-order valence-corrected chi connectivity index (χ0v) is 19.0. The molecule has 1 nitrogen and oxygen atoms in total. The maximum atomic E-state index is 12.8. The van der Waals surface area contributed by atoms with Gasteiger partial charge in [-0.05, 0) is 54.7 Å². The van der Waals surface area contributed by atoms with E-state index in [1.165, 1.54) is 32.1 Å². The first kappa shape index (κ1) is 26.0. The molecule has 0 aliphatic rings. The van der Waals surface area contributed by atoms with Crippen LogP contribution in [-0.4, -0.2) is 10.7 Å². The normalized spacial score (nSPS) is 14.0. The van der Waals surface area contributed by atoms with Gasteiger partial charge in [0.05, 0.1) is 11.2 Å². The van der Waals surface area contributed by atoms with E-state index in [2.05, 4.69) is 34.6 Å². The van der Waals surface area contributed by atoms with Gasteiger partial charge in [0.1, 0.15) is 0 Å². The van der Waals surface area contributed by atoms with Gasteiger partial charge in [0.25, 0.3) is 0 Å². The van der Waals surface area contributed by atoms with E-state index in [9.17, 15) is 18.3 Å². The second-order valence-electron chi connectivity index (χ2n) is 9.18. The SMILES string of the molecule is CCCCCCCCC(CCc1ccc(C(F)(F)F)cc1)C(O)(C(C)C)C(C)C. The molecular weight excluding hydrogens is 373 g/mol. The number of benzene rings is 1. The lowest BCUT2D eigenvalue weighted by Gasteiger charge is -2.43. The smallest absolute Gasteiger partial charge is 0.389 e. The molecule has 1 unspecified atom stereocenters. The highest BCUT2D eigenvalue weighted by Crippen LogP contribution is 2.39. The maximum Gasteiger partial charge on any atom is 0.416 e. The third kappa shape index (κ3) is 7.96. The van der Waals surface area contributed by atoms with Crippen LogP contribution in [0.15, 0.2) is 24.3 Å². The molecule has 0 spiro atoms. The minimum atomic E-state index is -4.30. The molecule has 0 radical (unpaired) electrons. The number of unbranched alkanes of at least 4 members (excludes halogenated alkanes) is 5. The van der Waals surface area contributed by atoms with Crippen molar-refractivity contribution in [1.29, 1.82) is 0 Å². The van der Waals surface area contributed by atoms with Gasteiger partial charge in [-0.3, -0.25) is 0 Å². The zero-order valence-electron chi connectivity index (χ0n) is 19.0. The van der Waals surface area contributed by atoms with Gasteiger partial charge in [0.15, 0.2) is 0 Å². The van der Waals surface area contributed by atoms with Crippen molar-refractivity contribution in [3.8, 4) is 0 Å². The van der Waals surface area contributed by atoms with Crippen molar-refractivity contribution in [2.24, 2.45) is 17.8 Å². The first-order valence-corrected chi connectivity index (χ1v) is 11.4. The summed E-state index contributed by atoms with van der Waals surface area (Å²) in [6, 6.07) is 5.48. The van der Waals surface area contributed by atoms with Crippen LogP contribution in [0.1, 0.15) is 97.1 Å². The minimum Gasteiger partial charge on any atom is -0.389 e. The van der Waals surface area contributed by atoms with Crippen LogP contribution >= 0.6 is 0 Å². The number of aliphatic hydroxyl groups is 1. The molecule has 0 fully saturated rings. The summed E-state index contributed by atoms with van der Waals surface area (Å²) in [6.07, 6.45) is 5.47. The Balaban J connectivity index is 2.80. The fourth-order valence-corrected chi connectivity index (χ4v) is 4.59. The van der Waals surface area contributed by atoms with Gasteiger partial charge < -0.3 is 5.11 Å². The van der Waals surface area contributed by atoms with Crippen LogP contribution in [0.4, 0.5) is 13.2 Å². The Labute approximate surface area is 176 Å². The van der Waals surface area contributed by atoms with Crippen molar-refractivity contribution in [3.05, 3.63) is 35.4 Å². The minimum absolute atomic E-state index is 0.139. The number of hydrogen-bond donors (Lipinski definition) is 1. The summed E-state index contributed by atoms with van der Waals surface area (Å²) >= 11 is 0. The zero-order chi connectivity index (χ0) is 22.1. The first-order valence-electron chi connectivity index (χ1n) is 11.4. The predicted molar refractivity (Wildman–Crippen MR) is 116 cm³/mol. The molecule has 0 aliphatic carbocycles. The van der Waals surface area contributed by atoms with E-state index in [0.29, 0.717) is 6.42 Å². The van der Waals surface area contributed by atoms with Crippen molar-refractivity contribution in [3.63, 3.8) is 0 Å². The fourth-order valence-electron chi connectivity index (χ4n) is 4.59. The fraction of sp³-hybridized carbons (Fsp3) is 0.760.